The smallest absolute Gasteiger partial charge is 0.292 e. The summed E-state index contributed by atoms with van der Waals surface area (Å²) in [5, 5.41) is 20.4. The van der Waals surface area contributed by atoms with Gasteiger partial charge in [-0.1, -0.05) is 41.6 Å². The molecule has 0 saturated heterocycles. The fourth-order valence-corrected chi connectivity index (χ4v) is 3.61. The molecule has 26 heavy (non-hydrogen) atoms. The van der Waals surface area contributed by atoms with Crippen LogP contribution in [0.1, 0.15) is 17.4 Å². The second-order valence-corrected chi connectivity index (χ2v) is 7.19. The number of aromatic nitrogens is 5. The van der Waals surface area contributed by atoms with Crippen molar-refractivity contribution in [1.82, 2.24) is 25.2 Å². The topological polar surface area (TPSA) is 88.5 Å². The summed E-state index contributed by atoms with van der Waals surface area (Å²) in [6.45, 7) is 2.59. The van der Waals surface area contributed by atoms with E-state index in [2.05, 4.69) is 44.9 Å². The van der Waals surface area contributed by atoms with Crippen molar-refractivity contribution < 1.29 is 0 Å². The predicted octanol–water partition coefficient (Wildman–Crippen LogP) is 2.67. The van der Waals surface area contributed by atoms with Crippen molar-refractivity contribution in [2.75, 3.05) is 5.32 Å². The van der Waals surface area contributed by atoms with E-state index >= 15 is 0 Å². The number of fused-ring (bicyclic) bond motifs is 1. The van der Waals surface area contributed by atoms with Gasteiger partial charge >= 0.3 is 0 Å². The third-order valence-corrected chi connectivity index (χ3v) is 4.96. The van der Waals surface area contributed by atoms with E-state index in [1.807, 2.05) is 35.7 Å². The molecule has 132 valence electrons. The Morgan fingerprint density at radius 1 is 1.23 bits per heavy atom. The molecule has 8 heteroatoms. The average molecular weight is 366 g/mol. The lowest BCUT2D eigenvalue weighted by molar-refractivity contribution is 0.674. The van der Waals surface area contributed by atoms with E-state index in [9.17, 15) is 4.79 Å². The van der Waals surface area contributed by atoms with Gasteiger partial charge in [0, 0.05) is 10.9 Å². The van der Waals surface area contributed by atoms with Gasteiger partial charge in [-0.15, -0.1) is 16.4 Å². The van der Waals surface area contributed by atoms with E-state index in [4.69, 9.17) is 0 Å². The summed E-state index contributed by atoms with van der Waals surface area (Å²) in [4.78, 5) is 13.4. The van der Waals surface area contributed by atoms with Crippen LogP contribution in [0, 0.1) is 0 Å². The molecule has 0 spiro atoms. The predicted molar refractivity (Wildman–Crippen MR) is 103 cm³/mol. The van der Waals surface area contributed by atoms with Gasteiger partial charge in [0.2, 0.25) is 0 Å². The molecule has 0 radical (unpaired) electrons. The molecule has 2 N–H and O–H groups in total. The van der Waals surface area contributed by atoms with Crippen LogP contribution in [-0.4, -0.2) is 31.2 Å². The van der Waals surface area contributed by atoms with Crippen LogP contribution in [0.5, 0.6) is 0 Å². The number of nitrogens with zero attached hydrogens (tertiary/aromatic N) is 4. The lowest BCUT2D eigenvalue weighted by Gasteiger charge is -2.14. The summed E-state index contributed by atoms with van der Waals surface area (Å²) in [5.41, 5.74) is 1.87. The fraction of sp³-hybridized carbons (Fsp3) is 0.222. The summed E-state index contributed by atoms with van der Waals surface area (Å²) in [6.07, 6.45) is 0.840. The maximum absolute atomic E-state index is 12.3. The third kappa shape index (κ3) is 3.36. The van der Waals surface area contributed by atoms with Crippen molar-refractivity contribution in [2.45, 2.75) is 25.9 Å². The molecule has 3 heterocycles. The zero-order valence-electron chi connectivity index (χ0n) is 14.2. The summed E-state index contributed by atoms with van der Waals surface area (Å²) >= 11 is 1.62. The highest BCUT2D eigenvalue weighted by atomic mass is 32.1. The monoisotopic (exact) mass is 366 g/mol. The highest BCUT2D eigenvalue weighted by Crippen LogP contribution is 2.18. The SMILES string of the molecule is C[C@H](Cc1ccccc1)Nc1n[nH]c(=O)c2c1nnn2Cc1cccs1. The standard InChI is InChI=1S/C18H18N6OS/c1-12(10-13-6-3-2-4-7-13)19-17-15-16(18(25)22-21-17)24(23-20-15)11-14-8-5-9-26-14/h2-9,12H,10-11H2,1H3,(H,19,21)(H,22,25)/t12-/m1/s1. The first kappa shape index (κ1) is 16.5. The number of thiophene rings is 1. The first-order valence-corrected chi connectivity index (χ1v) is 9.23. The Labute approximate surface area is 153 Å². The van der Waals surface area contributed by atoms with Crippen molar-refractivity contribution >= 4 is 28.2 Å². The Kier molecular flexibility index (Phi) is 4.49. The normalized spacial score (nSPS) is 12.3. The molecule has 0 amide bonds. The van der Waals surface area contributed by atoms with Crippen molar-refractivity contribution in [3.63, 3.8) is 0 Å². The van der Waals surface area contributed by atoms with Crippen LogP contribution in [0.4, 0.5) is 5.82 Å². The number of aromatic amines is 1. The van der Waals surface area contributed by atoms with E-state index in [0.717, 1.165) is 11.3 Å². The molecule has 0 aliphatic rings. The van der Waals surface area contributed by atoms with Crippen LogP contribution in [0.3, 0.4) is 0 Å². The van der Waals surface area contributed by atoms with Crippen LogP contribution in [0.2, 0.25) is 0 Å². The van der Waals surface area contributed by atoms with Gasteiger partial charge in [0.15, 0.2) is 16.9 Å². The molecule has 0 fully saturated rings. The Bertz CT molecular complexity index is 1050. The van der Waals surface area contributed by atoms with Crippen molar-refractivity contribution in [3.8, 4) is 0 Å². The largest absolute Gasteiger partial charge is 0.364 e. The van der Waals surface area contributed by atoms with Crippen LogP contribution in [-0.2, 0) is 13.0 Å². The molecule has 0 aliphatic carbocycles. The van der Waals surface area contributed by atoms with Crippen LogP contribution < -0.4 is 10.9 Å². The van der Waals surface area contributed by atoms with E-state index in [1.165, 1.54) is 5.56 Å². The van der Waals surface area contributed by atoms with Gasteiger partial charge < -0.3 is 5.32 Å². The number of hydrogen-bond acceptors (Lipinski definition) is 6. The highest BCUT2D eigenvalue weighted by molar-refractivity contribution is 7.09. The van der Waals surface area contributed by atoms with Crippen LogP contribution in [0.25, 0.3) is 11.0 Å². The molecule has 1 atom stereocenters. The number of H-pyrrole nitrogens is 1. The zero-order valence-corrected chi connectivity index (χ0v) is 15.0. The highest BCUT2D eigenvalue weighted by Gasteiger charge is 2.16. The van der Waals surface area contributed by atoms with Crippen molar-refractivity contribution in [3.05, 3.63) is 68.6 Å². The molecular weight excluding hydrogens is 348 g/mol. The zero-order chi connectivity index (χ0) is 17.9. The third-order valence-electron chi connectivity index (χ3n) is 4.10. The second-order valence-electron chi connectivity index (χ2n) is 6.16. The Balaban J connectivity index is 1.61. The number of nitrogens with one attached hydrogen (secondary N) is 2. The minimum Gasteiger partial charge on any atom is -0.364 e. The molecule has 3 aromatic heterocycles. The van der Waals surface area contributed by atoms with Crippen molar-refractivity contribution in [2.24, 2.45) is 0 Å². The van der Waals surface area contributed by atoms with E-state index in [0.29, 0.717) is 23.4 Å². The van der Waals surface area contributed by atoms with E-state index in [1.54, 1.807) is 16.0 Å². The van der Waals surface area contributed by atoms with Crippen molar-refractivity contribution in [1.29, 1.82) is 0 Å². The number of benzene rings is 1. The molecule has 1 aromatic carbocycles. The molecule has 0 unspecified atom stereocenters. The van der Waals surface area contributed by atoms with Crippen LogP contribution in [0.15, 0.2) is 52.6 Å². The first-order chi connectivity index (χ1) is 12.7. The fourth-order valence-electron chi connectivity index (χ4n) is 2.92. The molecule has 7 nitrogen and oxygen atoms in total. The van der Waals surface area contributed by atoms with Gasteiger partial charge in [-0.25, -0.2) is 9.78 Å². The second kappa shape index (κ2) is 7.09. The number of hydrogen-bond donors (Lipinski definition) is 2. The Hall–Kier alpha value is -3.00. The maximum Gasteiger partial charge on any atom is 0.292 e. The van der Waals surface area contributed by atoms with Gasteiger partial charge in [-0.2, -0.15) is 5.10 Å². The molecular formula is C18H18N6OS. The quantitative estimate of drug-likeness (QED) is 0.548. The van der Waals surface area contributed by atoms with Gasteiger partial charge in [0.1, 0.15) is 0 Å². The van der Waals surface area contributed by atoms with E-state index in [-0.39, 0.29) is 11.6 Å². The summed E-state index contributed by atoms with van der Waals surface area (Å²) < 4.78 is 1.62. The first-order valence-electron chi connectivity index (χ1n) is 8.35. The van der Waals surface area contributed by atoms with Gasteiger partial charge in [0.25, 0.3) is 5.56 Å². The average Bonchev–Trinajstić information content (AvgIpc) is 3.29. The molecule has 0 bridgehead atoms. The van der Waals surface area contributed by atoms with Gasteiger partial charge in [-0.05, 0) is 30.4 Å². The molecule has 4 rings (SSSR count). The molecule has 0 aliphatic heterocycles. The van der Waals surface area contributed by atoms with Crippen LogP contribution >= 0.6 is 11.3 Å². The van der Waals surface area contributed by atoms with Gasteiger partial charge in [0.05, 0.1) is 6.54 Å². The summed E-state index contributed by atoms with van der Waals surface area (Å²) in [6, 6.07) is 14.3. The van der Waals surface area contributed by atoms with E-state index < -0.39 is 0 Å². The Morgan fingerprint density at radius 2 is 2.08 bits per heavy atom. The number of rotatable bonds is 6. The van der Waals surface area contributed by atoms with Gasteiger partial charge in [-0.3, -0.25) is 4.79 Å². The lowest BCUT2D eigenvalue weighted by atomic mass is 10.1. The minimum atomic E-state index is -0.289. The maximum atomic E-state index is 12.3. The minimum absolute atomic E-state index is 0.126. The molecule has 0 saturated carbocycles. The summed E-state index contributed by atoms with van der Waals surface area (Å²) in [7, 11) is 0. The summed E-state index contributed by atoms with van der Waals surface area (Å²) in [5.74, 6) is 0.542. The Morgan fingerprint density at radius 3 is 2.85 bits per heavy atom. The lowest BCUT2D eigenvalue weighted by Crippen LogP contribution is -2.22. The number of anilines is 1. The molecule has 4 aromatic rings.